The Morgan fingerprint density at radius 3 is 2.50 bits per heavy atom. The van der Waals surface area contributed by atoms with Crippen LogP contribution in [0.4, 0.5) is 5.69 Å². The van der Waals surface area contributed by atoms with Crippen LogP contribution in [0.1, 0.15) is 21.5 Å². The van der Waals surface area contributed by atoms with Gasteiger partial charge >= 0.3 is 0 Å². The van der Waals surface area contributed by atoms with Crippen LogP contribution in [0.15, 0.2) is 60.7 Å². The second-order valence-electron chi connectivity index (χ2n) is 6.20. The molecule has 0 unspecified atom stereocenters. The van der Waals surface area contributed by atoms with Crippen molar-refractivity contribution >= 4 is 45.8 Å². The van der Waals surface area contributed by atoms with Crippen LogP contribution in [0.3, 0.4) is 0 Å². The van der Waals surface area contributed by atoms with E-state index in [-0.39, 0.29) is 5.91 Å². The van der Waals surface area contributed by atoms with Gasteiger partial charge in [-0.3, -0.25) is 4.79 Å². The highest BCUT2D eigenvalue weighted by Crippen LogP contribution is 2.35. The summed E-state index contributed by atoms with van der Waals surface area (Å²) in [5.41, 5.74) is 3.28. The molecule has 0 bridgehead atoms. The predicted molar refractivity (Wildman–Crippen MR) is 121 cm³/mol. The van der Waals surface area contributed by atoms with Crippen LogP contribution >= 0.6 is 34.2 Å². The molecule has 0 saturated heterocycles. The van der Waals surface area contributed by atoms with E-state index in [4.69, 9.17) is 21.1 Å². The summed E-state index contributed by atoms with van der Waals surface area (Å²) in [5, 5.41) is 3.30. The summed E-state index contributed by atoms with van der Waals surface area (Å²) in [6.07, 6.45) is 0. The van der Waals surface area contributed by atoms with Crippen molar-refractivity contribution < 1.29 is 14.3 Å². The number of aryl methyl sites for hydroxylation is 1. The van der Waals surface area contributed by atoms with Gasteiger partial charge in [0, 0.05) is 5.56 Å². The number of anilines is 1. The summed E-state index contributed by atoms with van der Waals surface area (Å²) >= 11 is 8.26. The van der Waals surface area contributed by atoms with Crippen molar-refractivity contribution in [3.05, 3.63) is 85.9 Å². The number of ether oxygens (including phenoxy) is 2. The summed E-state index contributed by atoms with van der Waals surface area (Å²) in [5.74, 6) is 0.843. The number of rotatable bonds is 6. The molecule has 0 aliphatic heterocycles. The molecule has 3 rings (SSSR count). The van der Waals surface area contributed by atoms with E-state index in [9.17, 15) is 4.79 Å². The number of hydrogen-bond acceptors (Lipinski definition) is 3. The van der Waals surface area contributed by atoms with E-state index in [0.29, 0.717) is 34.4 Å². The van der Waals surface area contributed by atoms with Gasteiger partial charge < -0.3 is 14.8 Å². The van der Waals surface area contributed by atoms with Crippen LogP contribution in [0.25, 0.3) is 0 Å². The molecule has 0 heterocycles. The molecule has 1 N–H and O–H groups in total. The third-order valence-electron chi connectivity index (χ3n) is 4.12. The third kappa shape index (κ3) is 4.97. The lowest BCUT2D eigenvalue weighted by atomic mass is 10.1. The summed E-state index contributed by atoms with van der Waals surface area (Å²) in [6.45, 7) is 2.46. The molecule has 0 radical (unpaired) electrons. The van der Waals surface area contributed by atoms with Crippen molar-refractivity contribution in [2.45, 2.75) is 13.5 Å². The van der Waals surface area contributed by atoms with Gasteiger partial charge in [0.25, 0.3) is 5.91 Å². The number of hydrogen-bond donors (Lipinski definition) is 1. The van der Waals surface area contributed by atoms with Crippen molar-refractivity contribution in [3.8, 4) is 11.5 Å². The fourth-order valence-corrected chi connectivity index (χ4v) is 3.53. The van der Waals surface area contributed by atoms with Gasteiger partial charge in [-0.25, -0.2) is 0 Å². The summed E-state index contributed by atoms with van der Waals surface area (Å²) in [4.78, 5) is 12.6. The maximum atomic E-state index is 12.6. The maximum absolute atomic E-state index is 12.6. The Balaban J connectivity index is 1.79. The fourth-order valence-electron chi connectivity index (χ4n) is 2.59. The molecule has 3 aromatic rings. The number of para-hydroxylation sites is 1. The van der Waals surface area contributed by atoms with Gasteiger partial charge in [0.2, 0.25) is 0 Å². The van der Waals surface area contributed by atoms with Gasteiger partial charge in [-0.15, -0.1) is 0 Å². The molecule has 1 amide bonds. The minimum Gasteiger partial charge on any atom is -0.493 e. The smallest absolute Gasteiger partial charge is 0.255 e. The number of benzene rings is 3. The minimum atomic E-state index is -0.269. The number of methoxy groups -OCH3 is 1. The van der Waals surface area contributed by atoms with Crippen molar-refractivity contribution in [3.63, 3.8) is 0 Å². The zero-order valence-corrected chi connectivity index (χ0v) is 18.4. The van der Waals surface area contributed by atoms with Crippen LogP contribution in [0, 0.1) is 10.5 Å². The van der Waals surface area contributed by atoms with Gasteiger partial charge in [0.05, 0.1) is 21.4 Å². The lowest BCUT2D eigenvalue weighted by Crippen LogP contribution is -2.13. The molecule has 0 atom stereocenters. The first-order valence-electron chi connectivity index (χ1n) is 8.59. The van der Waals surface area contributed by atoms with E-state index in [2.05, 4.69) is 27.9 Å². The average Bonchev–Trinajstić information content (AvgIpc) is 2.69. The molecule has 6 heteroatoms. The van der Waals surface area contributed by atoms with Crippen molar-refractivity contribution in [2.24, 2.45) is 0 Å². The Morgan fingerprint density at radius 1 is 1.11 bits per heavy atom. The summed E-state index contributed by atoms with van der Waals surface area (Å²) in [6, 6.07) is 18.7. The predicted octanol–water partition coefficient (Wildman–Crippen LogP) is 6.09. The molecule has 0 fully saturated rings. The number of halogens is 2. The Kier molecular flexibility index (Phi) is 6.80. The second kappa shape index (κ2) is 9.30. The van der Waals surface area contributed by atoms with Crippen LogP contribution in [-0.2, 0) is 6.61 Å². The van der Waals surface area contributed by atoms with E-state index in [0.717, 1.165) is 9.13 Å². The highest BCUT2D eigenvalue weighted by Gasteiger charge is 2.16. The van der Waals surface area contributed by atoms with E-state index in [1.165, 1.54) is 5.56 Å². The summed E-state index contributed by atoms with van der Waals surface area (Å²) in [7, 11) is 1.56. The molecule has 144 valence electrons. The molecule has 4 nitrogen and oxygen atoms in total. The fraction of sp³-hybridized carbons (Fsp3) is 0.136. The molecular formula is C22H19ClINO3. The first-order chi connectivity index (χ1) is 13.5. The van der Waals surface area contributed by atoms with Gasteiger partial charge in [-0.05, 0) is 59.3 Å². The van der Waals surface area contributed by atoms with Crippen LogP contribution < -0.4 is 14.8 Å². The summed E-state index contributed by atoms with van der Waals surface area (Å²) < 4.78 is 12.2. The first-order valence-corrected chi connectivity index (χ1v) is 10.1. The Bertz CT molecular complexity index is 990. The number of amides is 1. The largest absolute Gasteiger partial charge is 0.493 e. The lowest BCUT2D eigenvalue weighted by Gasteiger charge is -2.15. The number of nitrogens with one attached hydrogen (secondary N) is 1. The van der Waals surface area contributed by atoms with Gasteiger partial charge in [-0.2, -0.15) is 0 Å². The van der Waals surface area contributed by atoms with E-state index in [1.54, 1.807) is 31.4 Å². The van der Waals surface area contributed by atoms with Crippen LogP contribution in [0.5, 0.6) is 11.5 Å². The quantitative estimate of drug-likeness (QED) is 0.411. The standard InChI is InChI=1S/C22H19ClINO3/c1-14-7-9-15(10-8-14)13-28-21-18(24)11-16(12-20(21)27-2)22(26)25-19-6-4-3-5-17(19)23/h3-12H,13H2,1-2H3,(H,25,26). The number of carbonyl (C=O) groups excluding carboxylic acids is 1. The van der Waals surface area contributed by atoms with Gasteiger partial charge in [0.1, 0.15) is 6.61 Å². The van der Waals surface area contributed by atoms with E-state index < -0.39 is 0 Å². The van der Waals surface area contributed by atoms with Gasteiger partial charge in [-0.1, -0.05) is 53.6 Å². The second-order valence-corrected chi connectivity index (χ2v) is 7.77. The molecular weight excluding hydrogens is 489 g/mol. The molecule has 28 heavy (non-hydrogen) atoms. The lowest BCUT2D eigenvalue weighted by molar-refractivity contribution is 0.102. The Labute approximate surface area is 183 Å². The topological polar surface area (TPSA) is 47.6 Å². The van der Waals surface area contributed by atoms with Crippen LogP contribution in [-0.4, -0.2) is 13.0 Å². The normalized spacial score (nSPS) is 10.4. The molecule has 0 aliphatic rings. The SMILES string of the molecule is COc1cc(C(=O)Nc2ccccc2Cl)cc(I)c1OCc1ccc(C)cc1. The average molecular weight is 508 g/mol. The molecule has 0 aromatic heterocycles. The first kappa shape index (κ1) is 20.5. The van der Waals surface area contributed by atoms with Crippen molar-refractivity contribution in [1.29, 1.82) is 0 Å². The minimum absolute atomic E-state index is 0.269. The highest BCUT2D eigenvalue weighted by atomic mass is 127. The highest BCUT2D eigenvalue weighted by molar-refractivity contribution is 14.1. The molecule has 3 aromatic carbocycles. The monoisotopic (exact) mass is 507 g/mol. The zero-order valence-electron chi connectivity index (χ0n) is 15.5. The van der Waals surface area contributed by atoms with Crippen LogP contribution in [0.2, 0.25) is 5.02 Å². The van der Waals surface area contributed by atoms with E-state index >= 15 is 0 Å². The van der Waals surface area contributed by atoms with E-state index in [1.807, 2.05) is 43.3 Å². The van der Waals surface area contributed by atoms with Crippen molar-refractivity contribution in [1.82, 2.24) is 0 Å². The number of carbonyl (C=O) groups is 1. The Hall–Kier alpha value is -2.25. The zero-order chi connectivity index (χ0) is 20.1. The maximum Gasteiger partial charge on any atom is 0.255 e. The van der Waals surface area contributed by atoms with Crippen molar-refractivity contribution in [2.75, 3.05) is 12.4 Å². The Morgan fingerprint density at radius 2 is 1.82 bits per heavy atom. The van der Waals surface area contributed by atoms with Gasteiger partial charge in [0.15, 0.2) is 11.5 Å². The molecule has 0 aliphatic carbocycles. The third-order valence-corrected chi connectivity index (χ3v) is 5.25. The molecule has 0 spiro atoms. The molecule has 0 saturated carbocycles.